The number of benzene rings is 2. The van der Waals surface area contributed by atoms with Gasteiger partial charge in [0.25, 0.3) is 0 Å². The first-order chi connectivity index (χ1) is 12.8. The summed E-state index contributed by atoms with van der Waals surface area (Å²) < 4.78 is 10.8. The van der Waals surface area contributed by atoms with E-state index in [0.717, 1.165) is 5.57 Å². The molecule has 0 radical (unpaired) electrons. The average molecular weight is 366 g/mol. The van der Waals surface area contributed by atoms with E-state index in [1.807, 2.05) is 0 Å². The van der Waals surface area contributed by atoms with Gasteiger partial charge < -0.3 is 24.5 Å². The van der Waals surface area contributed by atoms with Gasteiger partial charge in [0.05, 0.1) is 12.7 Å². The van der Waals surface area contributed by atoms with E-state index in [9.17, 15) is 20.1 Å². The number of hydrogen-bond acceptors (Lipinski definition) is 6. The van der Waals surface area contributed by atoms with Crippen molar-refractivity contribution < 1.29 is 24.5 Å². The molecule has 0 spiro atoms. The molecule has 0 saturated heterocycles. The summed E-state index contributed by atoms with van der Waals surface area (Å²) >= 11 is 0. The number of phenolic OH excluding ortho intramolecular Hbond substituents is 3. The quantitative estimate of drug-likeness (QED) is 0.599. The monoisotopic (exact) mass is 366 g/mol. The van der Waals surface area contributed by atoms with Crippen LogP contribution in [0.25, 0.3) is 28.4 Å². The van der Waals surface area contributed by atoms with Gasteiger partial charge in [-0.25, -0.2) is 0 Å². The van der Waals surface area contributed by atoms with Crippen LogP contribution >= 0.6 is 0 Å². The van der Waals surface area contributed by atoms with Crippen LogP contribution in [0.3, 0.4) is 0 Å². The second kappa shape index (κ2) is 6.92. The maximum atomic E-state index is 12.6. The van der Waals surface area contributed by atoms with Crippen LogP contribution < -0.4 is 10.2 Å². The van der Waals surface area contributed by atoms with Gasteiger partial charge in [-0.3, -0.25) is 4.79 Å². The van der Waals surface area contributed by atoms with E-state index in [2.05, 4.69) is 6.58 Å². The lowest BCUT2D eigenvalue weighted by atomic mass is 10.1. The van der Waals surface area contributed by atoms with Crippen molar-refractivity contribution in [3.05, 3.63) is 64.3 Å². The Hall–Kier alpha value is -3.67. The average Bonchev–Trinajstić information content (AvgIpc) is 2.60. The van der Waals surface area contributed by atoms with Gasteiger partial charge in [-0.1, -0.05) is 18.2 Å². The summed E-state index contributed by atoms with van der Waals surface area (Å²) in [4.78, 5) is 12.6. The fourth-order valence-electron chi connectivity index (χ4n) is 2.67. The van der Waals surface area contributed by atoms with E-state index in [4.69, 9.17) is 9.15 Å². The highest BCUT2D eigenvalue weighted by molar-refractivity contribution is 5.91. The largest absolute Gasteiger partial charge is 0.507 e. The van der Waals surface area contributed by atoms with E-state index in [-0.39, 0.29) is 45.3 Å². The molecule has 0 aliphatic rings. The Morgan fingerprint density at radius 1 is 1.15 bits per heavy atom. The highest BCUT2D eigenvalue weighted by Gasteiger charge is 2.17. The fourth-order valence-corrected chi connectivity index (χ4v) is 2.67. The van der Waals surface area contributed by atoms with Crippen molar-refractivity contribution >= 4 is 17.0 Å². The number of ether oxygens (including phenoxy) is 1. The fraction of sp³-hybridized carbons (Fsp3) is 0.0952. The van der Waals surface area contributed by atoms with Gasteiger partial charge in [0.1, 0.15) is 28.2 Å². The maximum Gasteiger partial charge on any atom is 0.197 e. The molecule has 0 aliphatic heterocycles. The van der Waals surface area contributed by atoms with Crippen LogP contribution in [0.15, 0.2) is 57.8 Å². The molecule has 1 heterocycles. The molecule has 1 aromatic heterocycles. The number of allylic oxidation sites excluding steroid dienone is 2. The van der Waals surface area contributed by atoms with Crippen molar-refractivity contribution in [2.24, 2.45) is 0 Å². The first-order valence-corrected chi connectivity index (χ1v) is 8.05. The zero-order chi connectivity index (χ0) is 19.7. The highest BCUT2D eigenvalue weighted by Crippen LogP contribution is 2.37. The number of rotatable bonds is 4. The van der Waals surface area contributed by atoms with E-state index in [1.54, 1.807) is 19.1 Å². The van der Waals surface area contributed by atoms with E-state index in [0.29, 0.717) is 5.56 Å². The molecule has 6 heteroatoms. The van der Waals surface area contributed by atoms with Crippen LogP contribution in [0.4, 0.5) is 0 Å². The normalized spacial score (nSPS) is 11.2. The molecule has 0 atom stereocenters. The van der Waals surface area contributed by atoms with E-state index >= 15 is 0 Å². The molecule has 3 rings (SSSR count). The second-order valence-corrected chi connectivity index (χ2v) is 6.07. The number of fused-ring (bicyclic) bond motifs is 1. The minimum atomic E-state index is -0.472. The number of aromatic hydroxyl groups is 3. The first kappa shape index (κ1) is 18.1. The smallest absolute Gasteiger partial charge is 0.197 e. The molecule has 2 aromatic carbocycles. The minimum Gasteiger partial charge on any atom is -0.507 e. The topological polar surface area (TPSA) is 100 Å². The third kappa shape index (κ3) is 3.37. The van der Waals surface area contributed by atoms with Crippen LogP contribution in [0.1, 0.15) is 12.5 Å². The Bertz CT molecular complexity index is 1140. The van der Waals surface area contributed by atoms with Crippen molar-refractivity contribution in [2.75, 3.05) is 7.11 Å². The maximum absolute atomic E-state index is 12.6. The first-order valence-electron chi connectivity index (χ1n) is 8.05. The standard InChI is InChI=1S/C21H18O6/c1-11(2)4-6-13-15(23)9-19-20(21(13)25)16(24)10-17(27-19)12-5-7-14(22)18(8-12)26-3/h4-10,22-23,25H,1H2,2-3H3. The van der Waals surface area contributed by atoms with E-state index in [1.165, 1.54) is 37.5 Å². The summed E-state index contributed by atoms with van der Waals surface area (Å²) in [6.07, 6.45) is 3.09. The number of methoxy groups -OCH3 is 1. The van der Waals surface area contributed by atoms with Crippen LogP contribution in [0, 0.1) is 0 Å². The Morgan fingerprint density at radius 2 is 1.89 bits per heavy atom. The third-order valence-corrected chi connectivity index (χ3v) is 4.01. The summed E-state index contributed by atoms with van der Waals surface area (Å²) in [7, 11) is 1.41. The van der Waals surface area contributed by atoms with Crippen LogP contribution in [0.5, 0.6) is 23.0 Å². The zero-order valence-electron chi connectivity index (χ0n) is 14.8. The zero-order valence-corrected chi connectivity index (χ0v) is 14.8. The summed E-state index contributed by atoms with van der Waals surface area (Å²) in [6, 6.07) is 7.00. The summed E-state index contributed by atoms with van der Waals surface area (Å²) in [6.45, 7) is 5.48. The molecule has 0 saturated carbocycles. The van der Waals surface area contributed by atoms with Crippen molar-refractivity contribution in [1.29, 1.82) is 0 Å². The summed E-state index contributed by atoms with van der Waals surface area (Å²) in [5.41, 5.74) is 0.885. The van der Waals surface area contributed by atoms with Crippen molar-refractivity contribution in [3.63, 3.8) is 0 Å². The lowest BCUT2D eigenvalue weighted by Gasteiger charge is -2.09. The van der Waals surface area contributed by atoms with Gasteiger partial charge in [0.15, 0.2) is 16.9 Å². The molecule has 6 nitrogen and oxygen atoms in total. The molecule has 0 aliphatic carbocycles. The molecule has 0 bridgehead atoms. The lowest BCUT2D eigenvalue weighted by Crippen LogP contribution is -2.01. The molecule has 0 fully saturated rings. The van der Waals surface area contributed by atoms with Crippen LogP contribution in [0.2, 0.25) is 0 Å². The summed E-state index contributed by atoms with van der Waals surface area (Å²) in [5.74, 6) is -0.225. The second-order valence-electron chi connectivity index (χ2n) is 6.07. The van der Waals surface area contributed by atoms with Crippen molar-refractivity contribution in [1.82, 2.24) is 0 Å². The molecule has 138 valence electrons. The van der Waals surface area contributed by atoms with Crippen LogP contribution in [-0.4, -0.2) is 22.4 Å². The molecule has 27 heavy (non-hydrogen) atoms. The highest BCUT2D eigenvalue weighted by atomic mass is 16.5. The van der Waals surface area contributed by atoms with Crippen molar-refractivity contribution in [2.45, 2.75) is 6.92 Å². The Balaban J connectivity index is 2.23. The van der Waals surface area contributed by atoms with Gasteiger partial charge in [-0.2, -0.15) is 0 Å². The van der Waals surface area contributed by atoms with E-state index < -0.39 is 5.43 Å². The minimum absolute atomic E-state index is 0.0343. The molecule has 0 unspecified atom stereocenters. The van der Waals surface area contributed by atoms with Crippen LogP contribution in [-0.2, 0) is 0 Å². The summed E-state index contributed by atoms with van der Waals surface area (Å²) in [5, 5.41) is 30.3. The molecular formula is C21H18O6. The molecule has 3 N–H and O–H groups in total. The molecule has 0 amide bonds. The number of hydrogen-bond donors (Lipinski definition) is 3. The van der Waals surface area contributed by atoms with Gasteiger partial charge in [-0.15, -0.1) is 0 Å². The SMILES string of the molecule is C=C(C)C=Cc1c(O)cc2oc(-c3ccc(O)c(OC)c3)cc(=O)c2c1O. The third-order valence-electron chi connectivity index (χ3n) is 4.01. The Morgan fingerprint density at radius 3 is 2.56 bits per heavy atom. The Kier molecular flexibility index (Phi) is 4.64. The molecular weight excluding hydrogens is 348 g/mol. The van der Waals surface area contributed by atoms with Crippen molar-refractivity contribution in [3.8, 4) is 34.3 Å². The van der Waals surface area contributed by atoms with Gasteiger partial charge in [0, 0.05) is 17.7 Å². The Labute approximate surface area is 154 Å². The number of phenols is 3. The predicted molar refractivity (Wildman–Crippen MR) is 103 cm³/mol. The predicted octanol–water partition coefficient (Wildman–Crippen LogP) is 4.17. The lowest BCUT2D eigenvalue weighted by molar-refractivity contribution is 0.373. The van der Waals surface area contributed by atoms with Gasteiger partial charge >= 0.3 is 0 Å². The molecule has 3 aromatic rings. The van der Waals surface area contributed by atoms with Gasteiger partial charge in [-0.05, 0) is 31.2 Å². The van der Waals surface area contributed by atoms with Gasteiger partial charge in [0.2, 0.25) is 0 Å².